The van der Waals surface area contributed by atoms with Crippen molar-refractivity contribution in [3.63, 3.8) is 0 Å². The van der Waals surface area contributed by atoms with Gasteiger partial charge < -0.3 is 14.6 Å². The molecule has 6 nitrogen and oxygen atoms in total. The van der Waals surface area contributed by atoms with Crippen LogP contribution in [0.3, 0.4) is 0 Å². The quantitative estimate of drug-likeness (QED) is 0.179. The maximum atomic E-state index is 11.8. The Labute approximate surface area is 170 Å². The van der Waals surface area contributed by atoms with Gasteiger partial charge in [0.15, 0.2) is 0 Å². The SMILES string of the molecule is [B]P(I)c1ccc(O)c(C(C)N(C(C)C)C(COC=O)CC(=O)OC)c1. The molecular formula is C17H24BINO5P. The van der Waals surface area contributed by atoms with Crippen molar-refractivity contribution in [2.75, 3.05) is 13.7 Å². The van der Waals surface area contributed by atoms with Gasteiger partial charge in [0.05, 0.1) is 19.6 Å². The van der Waals surface area contributed by atoms with Gasteiger partial charge in [0.25, 0.3) is 6.47 Å². The Bertz CT molecular complexity index is 617. The number of hydrogen-bond donors (Lipinski definition) is 1. The molecule has 1 N–H and O–H groups in total. The normalized spacial score (nSPS) is 14.7. The molecule has 1 aromatic carbocycles. The maximum absolute atomic E-state index is 11.8. The highest BCUT2D eigenvalue weighted by molar-refractivity contribution is 14.2. The van der Waals surface area contributed by atoms with Gasteiger partial charge in [0.1, 0.15) is 19.9 Å². The first-order valence-electron chi connectivity index (χ1n) is 8.15. The molecule has 0 aliphatic heterocycles. The summed E-state index contributed by atoms with van der Waals surface area (Å²) in [4.78, 5) is 24.5. The maximum Gasteiger partial charge on any atom is 0.307 e. The molecule has 0 aliphatic rings. The second-order valence-electron chi connectivity index (χ2n) is 6.13. The smallest absolute Gasteiger partial charge is 0.307 e. The fourth-order valence-corrected chi connectivity index (χ4v) is 4.41. The summed E-state index contributed by atoms with van der Waals surface area (Å²) in [5, 5.41) is 11.3. The van der Waals surface area contributed by atoms with Crippen molar-refractivity contribution in [3.8, 4) is 5.75 Å². The number of benzene rings is 1. The van der Waals surface area contributed by atoms with Crippen molar-refractivity contribution in [3.05, 3.63) is 23.8 Å². The zero-order valence-electron chi connectivity index (χ0n) is 15.4. The molecule has 3 atom stereocenters. The molecule has 1 aromatic rings. The number of ether oxygens (including phenoxy) is 2. The highest BCUT2D eigenvalue weighted by Gasteiger charge is 2.31. The summed E-state index contributed by atoms with van der Waals surface area (Å²) in [5.41, 5.74) is -0.115. The van der Waals surface area contributed by atoms with E-state index in [1.165, 1.54) is 7.11 Å². The van der Waals surface area contributed by atoms with E-state index in [2.05, 4.69) is 22.0 Å². The van der Waals surface area contributed by atoms with E-state index in [9.17, 15) is 14.7 Å². The molecule has 0 saturated heterocycles. The van der Waals surface area contributed by atoms with Crippen molar-refractivity contribution in [1.29, 1.82) is 0 Å². The molecule has 0 heterocycles. The van der Waals surface area contributed by atoms with Crippen molar-refractivity contribution in [1.82, 2.24) is 4.90 Å². The lowest BCUT2D eigenvalue weighted by atomic mass is 10.0. The number of methoxy groups -OCH3 is 1. The molecule has 2 radical (unpaired) electrons. The highest BCUT2D eigenvalue weighted by Crippen LogP contribution is 2.40. The number of aromatic hydroxyl groups is 1. The minimum absolute atomic E-state index is 0.0250. The molecule has 0 aromatic heterocycles. The van der Waals surface area contributed by atoms with E-state index in [1.54, 1.807) is 6.07 Å². The van der Waals surface area contributed by atoms with E-state index >= 15 is 0 Å². The highest BCUT2D eigenvalue weighted by atomic mass is 127. The van der Waals surface area contributed by atoms with Crippen molar-refractivity contribution in [2.24, 2.45) is 0 Å². The molecule has 142 valence electrons. The number of nitrogens with zero attached hydrogens (tertiary/aromatic N) is 1. The van der Waals surface area contributed by atoms with E-state index in [0.717, 1.165) is 5.30 Å². The van der Waals surface area contributed by atoms with Gasteiger partial charge in [-0.3, -0.25) is 14.5 Å². The van der Waals surface area contributed by atoms with Crippen LogP contribution >= 0.6 is 27.5 Å². The molecule has 9 heteroatoms. The first-order chi connectivity index (χ1) is 12.2. The Balaban J connectivity index is 3.25. The average Bonchev–Trinajstić information content (AvgIpc) is 2.59. The zero-order valence-corrected chi connectivity index (χ0v) is 18.4. The fraction of sp³-hybridized carbons (Fsp3) is 0.529. The number of carbonyl (C=O) groups is 2. The van der Waals surface area contributed by atoms with Gasteiger partial charge in [-0.2, -0.15) is 0 Å². The van der Waals surface area contributed by atoms with Crippen LogP contribution in [0, 0.1) is 0 Å². The van der Waals surface area contributed by atoms with Crippen molar-refractivity contribution >= 4 is 52.8 Å². The fourth-order valence-electron chi connectivity index (χ4n) is 3.03. The number of carbonyl (C=O) groups excluding carboxylic acids is 2. The number of phenols is 1. The third-order valence-electron chi connectivity index (χ3n) is 4.16. The molecule has 1 rings (SSSR count). The van der Waals surface area contributed by atoms with Crippen LogP contribution in [-0.2, 0) is 19.1 Å². The standard InChI is InChI=1S/C17H24BINO5P/c1-11(2)20(13(9-25-10-21)7-17(23)24-4)12(3)15-8-14(26(18)19)5-6-16(15)22/h5-6,8,10-13,22H,7,9H2,1-4H3. The van der Waals surface area contributed by atoms with Gasteiger partial charge in [0.2, 0.25) is 0 Å². The van der Waals surface area contributed by atoms with Gasteiger partial charge in [-0.05, 0) is 38.2 Å². The lowest BCUT2D eigenvalue weighted by Gasteiger charge is -2.39. The monoisotopic (exact) mass is 491 g/mol. The molecule has 0 spiro atoms. The number of rotatable bonds is 10. The second-order valence-corrected chi connectivity index (χ2v) is 10.4. The zero-order chi connectivity index (χ0) is 19.9. The second kappa shape index (κ2) is 11.1. The third-order valence-corrected chi connectivity index (χ3v) is 6.60. The van der Waals surface area contributed by atoms with E-state index in [0.29, 0.717) is 12.0 Å². The number of phenolic OH excluding ortho intramolecular Hbond substituents is 1. The summed E-state index contributed by atoms with van der Waals surface area (Å²) < 4.78 is 9.72. The van der Waals surface area contributed by atoms with E-state index in [1.807, 2.05) is 37.8 Å². The largest absolute Gasteiger partial charge is 0.508 e. The molecular weight excluding hydrogens is 467 g/mol. The van der Waals surface area contributed by atoms with Crippen molar-refractivity contribution in [2.45, 2.75) is 45.3 Å². The van der Waals surface area contributed by atoms with Crippen LogP contribution in [0.25, 0.3) is 0 Å². The first kappa shape index (κ1) is 23.2. The molecule has 0 bridgehead atoms. The first-order valence-corrected chi connectivity index (χ1v) is 12.4. The Morgan fingerprint density at radius 3 is 2.58 bits per heavy atom. The number of halogens is 1. The third kappa shape index (κ3) is 6.39. The van der Waals surface area contributed by atoms with E-state index in [4.69, 9.17) is 17.0 Å². The predicted octanol–water partition coefficient (Wildman–Crippen LogP) is 2.81. The Hall–Kier alpha value is -0.855. The van der Waals surface area contributed by atoms with Gasteiger partial charge in [0, 0.05) is 17.6 Å². The minimum Gasteiger partial charge on any atom is -0.508 e. The van der Waals surface area contributed by atoms with Crippen LogP contribution in [0.4, 0.5) is 0 Å². The summed E-state index contributed by atoms with van der Waals surface area (Å²) in [6.07, 6.45) is 0.0726. The van der Waals surface area contributed by atoms with Gasteiger partial charge in [-0.15, -0.1) is 0 Å². The van der Waals surface area contributed by atoms with Crippen LogP contribution in [0.5, 0.6) is 5.75 Å². The van der Waals surface area contributed by atoms with Gasteiger partial charge in [-0.25, -0.2) is 0 Å². The van der Waals surface area contributed by atoms with Crippen LogP contribution in [0.2, 0.25) is 0 Å². The molecule has 0 saturated carbocycles. The summed E-state index contributed by atoms with van der Waals surface area (Å²) >= 11 is 2.17. The number of hydrogen-bond acceptors (Lipinski definition) is 6. The summed E-state index contributed by atoms with van der Waals surface area (Å²) in [5.74, 6) is -0.230. The topological polar surface area (TPSA) is 76.1 Å². The molecule has 26 heavy (non-hydrogen) atoms. The molecule has 0 fully saturated rings. The predicted molar refractivity (Wildman–Crippen MR) is 112 cm³/mol. The summed E-state index contributed by atoms with van der Waals surface area (Å²) in [7, 11) is 7.34. The van der Waals surface area contributed by atoms with Crippen molar-refractivity contribution < 1.29 is 24.2 Å². The van der Waals surface area contributed by atoms with E-state index < -0.39 is 11.4 Å². The Kier molecular flexibility index (Phi) is 9.89. The van der Waals surface area contributed by atoms with Gasteiger partial charge >= 0.3 is 5.97 Å². The van der Waals surface area contributed by atoms with E-state index in [-0.39, 0.29) is 36.9 Å². The van der Waals surface area contributed by atoms with Gasteiger partial charge in [-0.1, -0.05) is 33.5 Å². The molecule has 3 unspecified atom stereocenters. The lowest BCUT2D eigenvalue weighted by molar-refractivity contribution is -0.145. The summed E-state index contributed by atoms with van der Waals surface area (Å²) in [6.45, 7) is 6.32. The van der Waals surface area contributed by atoms with Crippen LogP contribution in [0.1, 0.15) is 38.8 Å². The van der Waals surface area contributed by atoms with Crippen LogP contribution < -0.4 is 5.30 Å². The molecule has 0 aliphatic carbocycles. The van der Waals surface area contributed by atoms with Crippen LogP contribution in [-0.4, -0.2) is 55.8 Å². The summed E-state index contributed by atoms with van der Waals surface area (Å²) in [6, 6.07) is 4.75. The molecule has 0 amide bonds. The Morgan fingerprint density at radius 1 is 1.42 bits per heavy atom. The Morgan fingerprint density at radius 2 is 2.08 bits per heavy atom. The van der Waals surface area contributed by atoms with Crippen LogP contribution in [0.15, 0.2) is 18.2 Å². The number of esters is 1. The lowest BCUT2D eigenvalue weighted by Crippen LogP contribution is -2.46. The average molecular weight is 491 g/mol. The minimum atomic E-state index is -0.830.